The van der Waals surface area contributed by atoms with Gasteiger partial charge in [0.15, 0.2) is 0 Å². The average molecular weight is 390 g/mol. The Balaban J connectivity index is 1.76. The fraction of sp³-hybridized carbons (Fsp3) is 0.250. The topological polar surface area (TPSA) is 85.4 Å². The molecule has 0 aliphatic rings. The van der Waals surface area contributed by atoms with Gasteiger partial charge in [-0.3, -0.25) is 9.78 Å². The lowest BCUT2D eigenvalue weighted by Crippen LogP contribution is -2.11. The molecular weight excluding hydrogens is 364 g/mol. The quantitative estimate of drug-likeness (QED) is 0.550. The number of nitrogens with two attached hydrogens (primary N) is 1. The van der Waals surface area contributed by atoms with Gasteiger partial charge in [-0.15, -0.1) is 0 Å². The molecular formula is C24H26N2O3. The van der Waals surface area contributed by atoms with Crippen molar-refractivity contribution in [2.75, 3.05) is 0 Å². The Morgan fingerprint density at radius 1 is 1.10 bits per heavy atom. The summed E-state index contributed by atoms with van der Waals surface area (Å²) in [4.78, 5) is 15.8. The minimum atomic E-state index is -0.879. The molecule has 0 saturated heterocycles. The minimum Gasteiger partial charge on any atom is -0.489 e. The van der Waals surface area contributed by atoms with Crippen molar-refractivity contribution in [3.8, 4) is 17.0 Å². The van der Waals surface area contributed by atoms with E-state index in [0.717, 1.165) is 35.4 Å². The van der Waals surface area contributed by atoms with Gasteiger partial charge < -0.3 is 15.6 Å². The third-order valence-electron chi connectivity index (χ3n) is 4.68. The van der Waals surface area contributed by atoms with Crippen LogP contribution in [0.4, 0.5) is 0 Å². The predicted molar refractivity (Wildman–Crippen MR) is 114 cm³/mol. The number of para-hydroxylation sites is 1. The van der Waals surface area contributed by atoms with Gasteiger partial charge in [0.1, 0.15) is 12.4 Å². The van der Waals surface area contributed by atoms with Crippen molar-refractivity contribution < 1.29 is 14.6 Å². The van der Waals surface area contributed by atoms with Gasteiger partial charge in [-0.1, -0.05) is 55.8 Å². The first kappa shape index (κ1) is 20.6. The van der Waals surface area contributed by atoms with Gasteiger partial charge in [-0.25, -0.2) is 0 Å². The molecule has 0 unspecified atom stereocenters. The molecule has 1 atom stereocenters. The molecule has 1 aromatic heterocycles. The second kappa shape index (κ2) is 9.85. The summed E-state index contributed by atoms with van der Waals surface area (Å²) in [6.07, 6.45) is 1.86. The van der Waals surface area contributed by atoms with E-state index in [1.54, 1.807) is 12.1 Å². The highest BCUT2D eigenvalue weighted by atomic mass is 16.5. The Kier molecular flexibility index (Phi) is 6.98. The molecule has 0 saturated carbocycles. The summed E-state index contributed by atoms with van der Waals surface area (Å²) in [6, 6.07) is 21.1. The minimum absolute atomic E-state index is 0.0581. The predicted octanol–water partition coefficient (Wildman–Crippen LogP) is 4.75. The van der Waals surface area contributed by atoms with Crippen LogP contribution in [0.25, 0.3) is 11.3 Å². The normalized spacial score (nSPS) is 11.8. The maximum atomic E-state index is 11.0. The zero-order valence-electron chi connectivity index (χ0n) is 16.5. The highest BCUT2D eigenvalue weighted by Gasteiger charge is 2.10. The van der Waals surface area contributed by atoms with Crippen LogP contribution in [0.3, 0.4) is 0 Å². The van der Waals surface area contributed by atoms with Crippen LogP contribution in [0.1, 0.15) is 42.6 Å². The lowest BCUT2D eigenvalue weighted by atomic mass is 10.1. The van der Waals surface area contributed by atoms with E-state index in [0.29, 0.717) is 17.9 Å². The number of hydrogen-bond acceptors (Lipinski definition) is 4. The molecule has 150 valence electrons. The van der Waals surface area contributed by atoms with Gasteiger partial charge in [-0.2, -0.15) is 0 Å². The van der Waals surface area contributed by atoms with Gasteiger partial charge >= 0.3 is 5.97 Å². The number of nitrogens with zero attached hydrogens (tertiary/aromatic N) is 1. The Hall–Kier alpha value is -3.18. The summed E-state index contributed by atoms with van der Waals surface area (Å²) < 4.78 is 5.91. The Morgan fingerprint density at radius 3 is 2.69 bits per heavy atom. The molecule has 3 aromatic rings. The zero-order chi connectivity index (χ0) is 20.6. The lowest BCUT2D eigenvalue weighted by Gasteiger charge is -2.13. The average Bonchev–Trinajstić information content (AvgIpc) is 2.73. The Bertz CT molecular complexity index is 972. The molecule has 0 radical (unpaired) electrons. The van der Waals surface area contributed by atoms with E-state index >= 15 is 0 Å². The maximum absolute atomic E-state index is 11.0. The van der Waals surface area contributed by atoms with Crippen molar-refractivity contribution in [3.05, 3.63) is 83.6 Å². The summed E-state index contributed by atoms with van der Waals surface area (Å²) in [5.41, 5.74) is 10.6. The van der Waals surface area contributed by atoms with Crippen molar-refractivity contribution in [2.24, 2.45) is 5.73 Å². The maximum Gasteiger partial charge on any atom is 0.307 e. The van der Waals surface area contributed by atoms with E-state index < -0.39 is 5.97 Å². The van der Waals surface area contributed by atoms with Crippen molar-refractivity contribution in [3.63, 3.8) is 0 Å². The number of ether oxygens (including phenoxy) is 1. The van der Waals surface area contributed by atoms with Crippen molar-refractivity contribution >= 4 is 5.97 Å². The molecule has 5 nitrogen and oxygen atoms in total. The molecule has 2 aromatic carbocycles. The van der Waals surface area contributed by atoms with Crippen LogP contribution in [0.2, 0.25) is 0 Å². The fourth-order valence-corrected chi connectivity index (χ4v) is 3.21. The Morgan fingerprint density at radius 2 is 1.90 bits per heavy atom. The second-order valence-corrected chi connectivity index (χ2v) is 7.01. The number of rotatable bonds is 9. The molecule has 29 heavy (non-hydrogen) atoms. The molecule has 0 amide bonds. The monoisotopic (exact) mass is 390 g/mol. The fourth-order valence-electron chi connectivity index (χ4n) is 3.21. The molecule has 3 rings (SSSR count). The highest BCUT2D eigenvalue weighted by Crippen LogP contribution is 2.24. The molecule has 0 spiro atoms. The van der Waals surface area contributed by atoms with E-state index in [1.807, 2.05) is 54.6 Å². The van der Waals surface area contributed by atoms with Crippen LogP contribution in [0, 0.1) is 0 Å². The number of hydrogen-bond donors (Lipinski definition) is 2. The van der Waals surface area contributed by atoms with Gasteiger partial charge in [0.05, 0.1) is 17.8 Å². The van der Waals surface area contributed by atoms with Gasteiger partial charge in [-0.05, 0) is 36.2 Å². The first-order chi connectivity index (χ1) is 14.1. The van der Waals surface area contributed by atoms with Crippen LogP contribution in [0.15, 0.2) is 66.7 Å². The van der Waals surface area contributed by atoms with Crippen molar-refractivity contribution in [1.82, 2.24) is 4.98 Å². The molecule has 1 heterocycles. The van der Waals surface area contributed by atoms with Crippen LogP contribution in [-0.2, 0) is 17.8 Å². The first-order valence-electron chi connectivity index (χ1n) is 9.81. The number of aliphatic carboxylic acids is 1. The summed E-state index contributed by atoms with van der Waals surface area (Å²) in [5, 5.41) is 9.06. The van der Waals surface area contributed by atoms with Crippen LogP contribution < -0.4 is 10.5 Å². The summed E-state index contributed by atoms with van der Waals surface area (Å²) in [5.74, 6) is -0.291. The SMILES string of the molecule is CCC[C@@H](N)c1cccc(-c2cccc(COc3ccccc3CC(=O)O)c2)n1. The van der Waals surface area contributed by atoms with E-state index in [9.17, 15) is 4.79 Å². The first-order valence-corrected chi connectivity index (χ1v) is 9.81. The van der Waals surface area contributed by atoms with E-state index in [2.05, 4.69) is 6.92 Å². The van der Waals surface area contributed by atoms with Crippen molar-refractivity contribution in [2.45, 2.75) is 38.8 Å². The number of benzene rings is 2. The molecule has 3 N–H and O–H groups in total. The van der Waals surface area contributed by atoms with E-state index in [1.165, 1.54) is 0 Å². The molecule has 0 aliphatic heterocycles. The summed E-state index contributed by atoms with van der Waals surface area (Å²) >= 11 is 0. The van der Waals surface area contributed by atoms with Crippen LogP contribution in [0.5, 0.6) is 5.75 Å². The molecule has 0 bridgehead atoms. The van der Waals surface area contributed by atoms with Crippen LogP contribution >= 0.6 is 0 Å². The number of carboxylic acid groups (broad SMARTS) is 1. The van der Waals surface area contributed by atoms with Gasteiger partial charge in [0, 0.05) is 17.2 Å². The molecule has 0 aliphatic carbocycles. The summed E-state index contributed by atoms with van der Waals surface area (Å²) in [7, 11) is 0. The highest BCUT2D eigenvalue weighted by molar-refractivity contribution is 5.71. The smallest absolute Gasteiger partial charge is 0.307 e. The van der Waals surface area contributed by atoms with Crippen LogP contribution in [-0.4, -0.2) is 16.1 Å². The van der Waals surface area contributed by atoms with Crippen molar-refractivity contribution in [1.29, 1.82) is 0 Å². The lowest BCUT2D eigenvalue weighted by molar-refractivity contribution is -0.136. The molecule has 5 heteroatoms. The molecule has 0 fully saturated rings. The third kappa shape index (κ3) is 5.65. The zero-order valence-corrected chi connectivity index (χ0v) is 16.5. The number of aromatic nitrogens is 1. The van der Waals surface area contributed by atoms with Gasteiger partial charge in [0.2, 0.25) is 0 Å². The van der Waals surface area contributed by atoms with E-state index in [-0.39, 0.29) is 12.5 Å². The van der Waals surface area contributed by atoms with Gasteiger partial charge in [0.25, 0.3) is 0 Å². The standard InChI is InChI=1S/C24H26N2O3/c1-2-7-20(25)22-12-6-11-21(26-22)18-10-5-8-17(14-18)16-29-23-13-4-3-9-19(23)15-24(27)28/h3-6,8-14,20H,2,7,15-16,25H2,1H3,(H,27,28)/t20-/m1/s1. The third-order valence-corrected chi connectivity index (χ3v) is 4.68. The number of carboxylic acids is 1. The van der Waals surface area contributed by atoms with E-state index in [4.69, 9.17) is 20.6 Å². The Labute approximate surface area is 171 Å². The second-order valence-electron chi connectivity index (χ2n) is 7.01. The summed E-state index contributed by atoms with van der Waals surface area (Å²) in [6.45, 7) is 2.46. The largest absolute Gasteiger partial charge is 0.489 e. The number of carbonyl (C=O) groups is 1. The number of pyridine rings is 1.